The van der Waals surface area contributed by atoms with Crippen LogP contribution in [0.2, 0.25) is 0 Å². The number of anilines is 2. The molecule has 0 bridgehead atoms. The molecule has 0 saturated carbocycles. The lowest BCUT2D eigenvalue weighted by molar-refractivity contribution is -0.172. The van der Waals surface area contributed by atoms with Crippen molar-refractivity contribution in [3.05, 3.63) is 70.3 Å². The number of esters is 1. The van der Waals surface area contributed by atoms with Gasteiger partial charge in [0.25, 0.3) is 32.1 Å². The van der Waals surface area contributed by atoms with Gasteiger partial charge in [0.1, 0.15) is 0 Å². The number of nitrogens with two attached hydrogens (primary N) is 2. The number of hydroxylamine groups is 2. The molecule has 16 nitrogen and oxygen atoms in total. The molecule has 222 valence electrons. The Morgan fingerprint density at radius 1 is 0.860 bits per heavy atom. The molecule has 6 rings (SSSR count). The summed E-state index contributed by atoms with van der Waals surface area (Å²) >= 11 is 0. The summed E-state index contributed by atoms with van der Waals surface area (Å²) in [6.45, 7) is 0. The maximum Gasteiger partial charge on any atom is 0.366 e. The summed E-state index contributed by atoms with van der Waals surface area (Å²) in [5, 5.41) is 0.169. The molecular weight excluding hydrogens is 614 g/mol. The van der Waals surface area contributed by atoms with Crippen LogP contribution in [0.15, 0.2) is 52.3 Å². The van der Waals surface area contributed by atoms with Crippen molar-refractivity contribution < 1.29 is 59.4 Å². The Bertz CT molecular complexity index is 2060. The van der Waals surface area contributed by atoms with Crippen LogP contribution in [-0.2, 0) is 45.0 Å². The summed E-state index contributed by atoms with van der Waals surface area (Å²) in [7, 11) is -10.7. The molecule has 1 fully saturated rings. The van der Waals surface area contributed by atoms with Crippen molar-refractivity contribution >= 4 is 55.4 Å². The standard InChI is InChI=1S/C25H17N3O13S2/c26-15-6-5-13-19(21(15)42(33,34)35)39-20-14(25(13)12-4-2-1-3-10(12)23(31)40-25)9-11(18(27)22(20)43(36,37)38)24(32)41-28-16(29)7-8-17(28)30/h1-6,9H,7-8,26-27H2,(H,33,34,35)(H,36,37,38). The minimum absolute atomic E-state index is 0.00661. The molecule has 1 spiro atoms. The van der Waals surface area contributed by atoms with Crippen molar-refractivity contribution in [1.29, 1.82) is 0 Å². The third-order valence-electron chi connectivity index (χ3n) is 7.07. The third-order valence-corrected chi connectivity index (χ3v) is 8.93. The highest BCUT2D eigenvalue weighted by molar-refractivity contribution is 7.86. The van der Waals surface area contributed by atoms with E-state index in [4.69, 9.17) is 25.8 Å². The number of nitrogen functional groups attached to an aromatic ring is 2. The number of amides is 2. The van der Waals surface area contributed by atoms with Gasteiger partial charge in [-0.3, -0.25) is 18.7 Å². The number of benzene rings is 3. The first-order valence-electron chi connectivity index (χ1n) is 12.0. The average molecular weight is 632 g/mol. The van der Waals surface area contributed by atoms with E-state index >= 15 is 0 Å². The van der Waals surface area contributed by atoms with Crippen LogP contribution in [-0.4, -0.2) is 54.8 Å². The SMILES string of the molecule is Nc1ccc2c(c1S(=O)(=O)O)Oc1c(cc(C(=O)ON3C(=O)CCC3=O)c(N)c1S(=O)(=O)O)C21OC(=O)c2ccccc21. The van der Waals surface area contributed by atoms with Crippen LogP contribution >= 0.6 is 0 Å². The lowest BCUT2D eigenvalue weighted by Crippen LogP contribution is -2.36. The molecule has 1 saturated heterocycles. The molecule has 3 aliphatic heterocycles. The van der Waals surface area contributed by atoms with Gasteiger partial charge in [-0.05, 0) is 24.3 Å². The Hall–Kier alpha value is -5.04. The van der Waals surface area contributed by atoms with Gasteiger partial charge in [-0.2, -0.15) is 16.8 Å². The van der Waals surface area contributed by atoms with Crippen LogP contribution < -0.4 is 16.2 Å². The van der Waals surface area contributed by atoms with Gasteiger partial charge in [-0.1, -0.05) is 18.2 Å². The Kier molecular flexibility index (Phi) is 5.87. The van der Waals surface area contributed by atoms with Crippen LogP contribution in [0.5, 0.6) is 11.5 Å². The Morgan fingerprint density at radius 3 is 2.09 bits per heavy atom. The van der Waals surface area contributed by atoms with Gasteiger partial charge in [0.15, 0.2) is 26.9 Å². The van der Waals surface area contributed by atoms with Crippen molar-refractivity contribution in [2.45, 2.75) is 28.2 Å². The lowest BCUT2D eigenvalue weighted by Gasteiger charge is -2.38. The molecule has 3 aromatic rings. The van der Waals surface area contributed by atoms with Gasteiger partial charge in [-0.25, -0.2) is 9.59 Å². The summed E-state index contributed by atoms with van der Waals surface area (Å²) in [4.78, 5) is 53.1. The highest BCUT2D eigenvalue weighted by atomic mass is 32.2. The van der Waals surface area contributed by atoms with E-state index in [-0.39, 0.29) is 34.6 Å². The second kappa shape index (κ2) is 8.98. The number of ether oxygens (including phenoxy) is 2. The van der Waals surface area contributed by atoms with E-state index in [1.807, 2.05) is 0 Å². The fourth-order valence-electron chi connectivity index (χ4n) is 5.32. The Morgan fingerprint density at radius 2 is 1.47 bits per heavy atom. The molecule has 0 aromatic heterocycles. The minimum Gasteiger partial charge on any atom is -0.453 e. The fourth-order valence-corrected chi connectivity index (χ4v) is 6.84. The molecule has 0 aliphatic carbocycles. The Labute approximate surface area is 241 Å². The van der Waals surface area contributed by atoms with E-state index in [0.29, 0.717) is 0 Å². The van der Waals surface area contributed by atoms with Crippen LogP contribution in [0.25, 0.3) is 0 Å². The van der Waals surface area contributed by atoms with Gasteiger partial charge in [0, 0.05) is 24.0 Å². The molecule has 0 radical (unpaired) electrons. The number of hydrogen-bond acceptors (Lipinski definition) is 13. The number of hydrogen-bond donors (Lipinski definition) is 4. The summed E-state index contributed by atoms with van der Waals surface area (Å²) in [6.07, 6.45) is -0.524. The number of carbonyl (C=O) groups is 4. The zero-order valence-electron chi connectivity index (χ0n) is 21.3. The van der Waals surface area contributed by atoms with Crippen molar-refractivity contribution in [1.82, 2.24) is 5.06 Å². The minimum atomic E-state index is -5.47. The number of imide groups is 1. The van der Waals surface area contributed by atoms with Gasteiger partial charge >= 0.3 is 11.9 Å². The largest absolute Gasteiger partial charge is 0.453 e. The molecule has 43 heavy (non-hydrogen) atoms. The normalized spacial score (nSPS) is 19.0. The predicted molar refractivity (Wildman–Crippen MR) is 140 cm³/mol. The van der Waals surface area contributed by atoms with Crippen molar-refractivity contribution in [2.75, 3.05) is 11.5 Å². The molecule has 3 aliphatic rings. The first kappa shape index (κ1) is 28.1. The van der Waals surface area contributed by atoms with Gasteiger partial charge in [0.2, 0.25) is 0 Å². The number of fused-ring (bicyclic) bond motifs is 6. The maximum atomic E-state index is 13.3. The molecule has 3 heterocycles. The molecule has 1 unspecified atom stereocenters. The quantitative estimate of drug-likeness (QED) is 0.136. The lowest BCUT2D eigenvalue weighted by atomic mass is 9.77. The molecule has 1 atom stereocenters. The van der Waals surface area contributed by atoms with Crippen LogP contribution in [0.3, 0.4) is 0 Å². The maximum absolute atomic E-state index is 13.3. The second-order valence-corrected chi connectivity index (χ2v) is 12.3. The molecule has 2 amide bonds. The smallest absolute Gasteiger partial charge is 0.366 e. The zero-order chi connectivity index (χ0) is 31.2. The highest BCUT2D eigenvalue weighted by Gasteiger charge is 2.56. The fraction of sp³-hybridized carbons (Fsp3) is 0.120. The molecular formula is C25H17N3O13S2. The Balaban J connectivity index is 1.73. The first-order valence-corrected chi connectivity index (χ1v) is 14.9. The number of rotatable bonds is 4. The van der Waals surface area contributed by atoms with Gasteiger partial charge in [-0.15, -0.1) is 5.06 Å². The van der Waals surface area contributed by atoms with Crippen LogP contribution in [0.1, 0.15) is 50.2 Å². The monoisotopic (exact) mass is 631 g/mol. The van der Waals surface area contributed by atoms with Crippen LogP contribution in [0.4, 0.5) is 11.4 Å². The highest BCUT2D eigenvalue weighted by Crippen LogP contribution is 2.60. The van der Waals surface area contributed by atoms with Crippen molar-refractivity contribution in [3.8, 4) is 11.5 Å². The molecule has 6 N–H and O–H groups in total. The van der Waals surface area contributed by atoms with E-state index in [2.05, 4.69) is 0 Å². The van der Waals surface area contributed by atoms with E-state index in [9.17, 15) is 45.1 Å². The third kappa shape index (κ3) is 3.95. The molecule has 3 aromatic carbocycles. The summed E-state index contributed by atoms with van der Waals surface area (Å²) in [6, 6.07) is 8.79. The zero-order valence-corrected chi connectivity index (χ0v) is 22.9. The molecule has 18 heteroatoms. The van der Waals surface area contributed by atoms with E-state index < -0.39 is 93.4 Å². The summed E-state index contributed by atoms with van der Waals surface area (Å²) in [5.41, 5.74) is 6.41. The first-order chi connectivity index (χ1) is 20.1. The van der Waals surface area contributed by atoms with E-state index in [1.165, 1.54) is 30.3 Å². The van der Waals surface area contributed by atoms with Crippen molar-refractivity contribution in [3.63, 3.8) is 0 Å². The number of nitrogens with zero attached hydrogens (tertiary/aromatic N) is 1. The van der Waals surface area contributed by atoms with E-state index in [1.54, 1.807) is 0 Å². The number of carbonyl (C=O) groups excluding carboxylic acids is 4. The van der Waals surface area contributed by atoms with Crippen LogP contribution in [0, 0.1) is 0 Å². The van der Waals surface area contributed by atoms with Crippen molar-refractivity contribution in [2.24, 2.45) is 0 Å². The summed E-state index contributed by atoms with van der Waals surface area (Å²) < 4.78 is 82.1. The van der Waals surface area contributed by atoms with E-state index in [0.717, 1.165) is 12.1 Å². The average Bonchev–Trinajstić information content (AvgIpc) is 3.38. The second-order valence-electron chi connectivity index (χ2n) is 9.53. The predicted octanol–water partition coefficient (Wildman–Crippen LogP) is 1.13. The van der Waals surface area contributed by atoms with Gasteiger partial charge in [0.05, 0.1) is 28.1 Å². The van der Waals surface area contributed by atoms with Gasteiger partial charge < -0.3 is 25.8 Å². The summed E-state index contributed by atoms with van der Waals surface area (Å²) in [5.74, 6) is -5.88. The topological polar surface area (TPSA) is 260 Å².